The van der Waals surface area contributed by atoms with Gasteiger partial charge in [-0.25, -0.2) is 9.59 Å². The molecule has 0 saturated carbocycles. The second-order valence-corrected chi connectivity index (χ2v) is 7.22. The van der Waals surface area contributed by atoms with Gasteiger partial charge in [0.2, 0.25) is 0 Å². The third kappa shape index (κ3) is 3.52. The van der Waals surface area contributed by atoms with Gasteiger partial charge in [-0.1, -0.05) is 54.6 Å². The monoisotopic (exact) mass is 377 g/mol. The molecule has 28 heavy (non-hydrogen) atoms. The predicted octanol–water partition coefficient (Wildman–Crippen LogP) is 4.43. The Balaban J connectivity index is 1.45. The first kappa shape index (κ1) is 18.3. The van der Waals surface area contributed by atoms with Crippen molar-refractivity contribution in [1.29, 1.82) is 0 Å². The van der Waals surface area contributed by atoms with Crippen molar-refractivity contribution in [2.24, 2.45) is 0 Å². The van der Waals surface area contributed by atoms with Crippen LogP contribution < -0.4 is 0 Å². The lowest BCUT2D eigenvalue weighted by Crippen LogP contribution is -2.35. The first-order valence-corrected chi connectivity index (χ1v) is 9.67. The van der Waals surface area contributed by atoms with E-state index in [1.54, 1.807) is 11.0 Å². The molecule has 0 saturated heterocycles. The molecule has 1 N–H and O–H groups in total. The summed E-state index contributed by atoms with van der Waals surface area (Å²) in [7, 11) is 0. The first-order valence-electron chi connectivity index (χ1n) is 9.67. The number of allylic oxidation sites excluding steroid dienone is 1. The van der Waals surface area contributed by atoms with Crippen LogP contribution in [0.25, 0.3) is 11.1 Å². The quantitative estimate of drug-likeness (QED) is 0.859. The van der Waals surface area contributed by atoms with E-state index >= 15 is 0 Å². The van der Waals surface area contributed by atoms with Crippen molar-refractivity contribution < 1.29 is 19.4 Å². The van der Waals surface area contributed by atoms with E-state index in [0.29, 0.717) is 31.5 Å². The van der Waals surface area contributed by atoms with Crippen LogP contribution in [0.5, 0.6) is 0 Å². The molecule has 0 radical (unpaired) electrons. The Bertz CT molecular complexity index is 888. The highest BCUT2D eigenvalue weighted by atomic mass is 16.6. The average Bonchev–Trinajstić information content (AvgIpc) is 3.00. The number of rotatable bonds is 3. The number of nitrogens with zero attached hydrogens (tertiary/aromatic N) is 1. The van der Waals surface area contributed by atoms with Crippen LogP contribution in [0.2, 0.25) is 0 Å². The maximum atomic E-state index is 12.7. The molecule has 0 atom stereocenters. The summed E-state index contributed by atoms with van der Waals surface area (Å²) in [5.74, 6) is -0.880. The van der Waals surface area contributed by atoms with E-state index in [0.717, 1.165) is 6.42 Å². The highest BCUT2D eigenvalue weighted by Gasteiger charge is 2.29. The van der Waals surface area contributed by atoms with Gasteiger partial charge in [0.15, 0.2) is 0 Å². The maximum Gasteiger partial charge on any atom is 0.409 e. The van der Waals surface area contributed by atoms with Crippen LogP contribution in [0.15, 0.2) is 60.2 Å². The third-order valence-electron chi connectivity index (χ3n) is 5.54. The second-order valence-electron chi connectivity index (χ2n) is 7.22. The number of carbonyl (C=O) groups is 2. The minimum absolute atomic E-state index is 0.0283. The van der Waals surface area contributed by atoms with Crippen LogP contribution in [0.3, 0.4) is 0 Å². The zero-order valence-electron chi connectivity index (χ0n) is 15.6. The highest BCUT2D eigenvalue weighted by Crippen LogP contribution is 2.44. The van der Waals surface area contributed by atoms with Crippen LogP contribution in [-0.4, -0.2) is 41.8 Å². The lowest BCUT2D eigenvalue weighted by molar-refractivity contribution is -0.132. The molecule has 2 aromatic rings. The summed E-state index contributed by atoms with van der Waals surface area (Å²) in [4.78, 5) is 25.5. The minimum Gasteiger partial charge on any atom is -0.478 e. The number of aliphatic carboxylic acids is 1. The van der Waals surface area contributed by atoms with Crippen LogP contribution in [0, 0.1) is 0 Å². The van der Waals surface area contributed by atoms with E-state index in [-0.39, 0.29) is 18.6 Å². The summed E-state index contributed by atoms with van der Waals surface area (Å²) in [5.41, 5.74) is 5.12. The van der Waals surface area contributed by atoms with Crippen LogP contribution >= 0.6 is 0 Å². The van der Waals surface area contributed by atoms with Gasteiger partial charge >= 0.3 is 12.1 Å². The van der Waals surface area contributed by atoms with E-state index in [1.165, 1.54) is 22.3 Å². The van der Waals surface area contributed by atoms with Crippen molar-refractivity contribution in [3.05, 3.63) is 71.3 Å². The van der Waals surface area contributed by atoms with Crippen LogP contribution in [-0.2, 0) is 9.53 Å². The summed E-state index contributed by atoms with van der Waals surface area (Å²) in [6.45, 7) is 1.24. The molecule has 0 fully saturated rings. The lowest BCUT2D eigenvalue weighted by atomic mass is 9.98. The third-order valence-corrected chi connectivity index (χ3v) is 5.54. The molecule has 5 nitrogen and oxygen atoms in total. The lowest BCUT2D eigenvalue weighted by Gasteiger charge is -2.25. The van der Waals surface area contributed by atoms with Gasteiger partial charge in [-0.15, -0.1) is 0 Å². The number of benzene rings is 2. The van der Waals surface area contributed by atoms with Gasteiger partial charge in [-0.2, -0.15) is 0 Å². The number of ether oxygens (including phenoxy) is 1. The van der Waals surface area contributed by atoms with Gasteiger partial charge in [0.05, 0.1) is 0 Å². The normalized spacial score (nSPS) is 18.3. The van der Waals surface area contributed by atoms with Gasteiger partial charge in [0.25, 0.3) is 0 Å². The van der Waals surface area contributed by atoms with Crippen molar-refractivity contribution in [1.82, 2.24) is 4.90 Å². The van der Waals surface area contributed by atoms with E-state index < -0.39 is 5.97 Å². The zero-order valence-corrected chi connectivity index (χ0v) is 15.6. The largest absolute Gasteiger partial charge is 0.478 e. The summed E-state index contributed by atoms with van der Waals surface area (Å²) >= 11 is 0. The summed E-state index contributed by atoms with van der Waals surface area (Å²) < 4.78 is 5.69. The van der Waals surface area contributed by atoms with Crippen molar-refractivity contribution in [3.8, 4) is 11.1 Å². The molecule has 1 heterocycles. The maximum absolute atomic E-state index is 12.7. The SMILES string of the molecule is O=C(O)/C1=C/CCCN(C(=O)OCC2c3ccccc3-c3ccccc32)CC1. The molecule has 1 aliphatic heterocycles. The fraction of sp³-hybridized carbons (Fsp3) is 0.304. The van der Waals surface area contributed by atoms with Gasteiger partial charge in [-0.05, 0) is 41.5 Å². The van der Waals surface area contributed by atoms with Gasteiger partial charge < -0.3 is 14.7 Å². The molecule has 2 aromatic carbocycles. The molecule has 0 spiro atoms. The standard InChI is InChI=1S/C23H23NO4/c25-22(26)16-7-5-6-13-24(14-12-16)23(27)28-15-21-19-10-3-1-8-17(19)18-9-2-4-11-20(18)21/h1-4,7-11,21H,5-6,12-15H2,(H,25,26)/b16-7+. The number of carboxylic acid groups (broad SMARTS) is 1. The van der Waals surface area contributed by atoms with Gasteiger partial charge in [0, 0.05) is 24.6 Å². The van der Waals surface area contributed by atoms with E-state index in [1.807, 2.05) is 24.3 Å². The smallest absolute Gasteiger partial charge is 0.409 e. The fourth-order valence-corrected chi connectivity index (χ4v) is 4.09. The molecule has 1 aliphatic carbocycles. The van der Waals surface area contributed by atoms with Gasteiger partial charge in [0.1, 0.15) is 6.61 Å². The Morgan fingerprint density at radius 1 is 1.00 bits per heavy atom. The molecular weight excluding hydrogens is 354 g/mol. The van der Waals surface area contributed by atoms with E-state index in [2.05, 4.69) is 24.3 Å². The molecule has 144 valence electrons. The topological polar surface area (TPSA) is 66.8 Å². The summed E-state index contributed by atoms with van der Waals surface area (Å²) in [5, 5.41) is 9.21. The van der Waals surface area contributed by atoms with Crippen LogP contribution in [0.1, 0.15) is 36.3 Å². The fourth-order valence-electron chi connectivity index (χ4n) is 4.09. The number of amides is 1. The zero-order chi connectivity index (χ0) is 19.5. The van der Waals surface area contributed by atoms with Crippen LogP contribution in [0.4, 0.5) is 4.79 Å². The molecular formula is C23H23NO4. The second kappa shape index (κ2) is 7.89. The molecule has 4 rings (SSSR count). The minimum atomic E-state index is -0.908. The summed E-state index contributed by atoms with van der Waals surface area (Å²) in [6, 6.07) is 16.5. The number of hydrogen-bond donors (Lipinski definition) is 1. The Hall–Kier alpha value is -3.08. The Kier molecular flexibility index (Phi) is 5.15. The molecule has 5 heteroatoms. The van der Waals surface area contributed by atoms with Crippen molar-refractivity contribution in [2.75, 3.05) is 19.7 Å². The number of hydrogen-bond acceptors (Lipinski definition) is 3. The first-order chi connectivity index (χ1) is 13.6. The van der Waals surface area contributed by atoms with Crippen molar-refractivity contribution in [3.63, 3.8) is 0 Å². The van der Waals surface area contributed by atoms with E-state index in [4.69, 9.17) is 4.74 Å². The Morgan fingerprint density at radius 2 is 1.64 bits per heavy atom. The number of fused-ring (bicyclic) bond motifs is 3. The predicted molar refractivity (Wildman–Crippen MR) is 106 cm³/mol. The highest BCUT2D eigenvalue weighted by molar-refractivity contribution is 5.86. The summed E-state index contributed by atoms with van der Waals surface area (Å²) in [6.07, 6.45) is 3.14. The number of carbonyl (C=O) groups excluding carboxylic acids is 1. The van der Waals surface area contributed by atoms with Crippen molar-refractivity contribution >= 4 is 12.1 Å². The Labute approximate surface area is 164 Å². The Morgan fingerprint density at radius 3 is 2.29 bits per heavy atom. The molecule has 1 amide bonds. The van der Waals surface area contributed by atoms with Gasteiger partial charge in [-0.3, -0.25) is 0 Å². The molecule has 0 aromatic heterocycles. The average molecular weight is 377 g/mol. The molecule has 0 unspecified atom stereocenters. The van der Waals surface area contributed by atoms with E-state index in [9.17, 15) is 14.7 Å². The number of carboxylic acids is 1. The van der Waals surface area contributed by atoms with Crippen molar-refractivity contribution in [2.45, 2.75) is 25.2 Å². The molecule has 2 aliphatic rings. The molecule has 0 bridgehead atoms.